The van der Waals surface area contributed by atoms with Gasteiger partial charge in [-0.15, -0.1) is 0 Å². The first kappa shape index (κ1) is 21.2. The topological polar surface area (TPSA) is 50.8 Å². The Labute approximate surface area is 169 Å². The Kier molecular flexibility index (Phi) is 7.95. The van der Waals surface area contributed by atoms with E-state index in [1.165, 1.54) is 0 Å². The summed E-state index contributed by atoms with van der Waals surface area (Å²) in [6.07, 6.45) is 0.246. The van der Waals surface area contributed by atoms with Gasteiger partial charge in [-0.3, -0.25) is 9.69 Å². The highest BCUT2D eigenvalue weighted by Gasteiger charge is 2.10. The first-order valence-electron chi connectivity index (χ1n) is 9.82. The van der Waals surface area contributed by atoms with Crippen molar-refractivity contribution in [2.45, 2.75) is 19.4 Å². The van der Waals surface area contributed by atoms with Crippen molar-refractivity contribution >= 4 is 5.91 Å². The number of ether oxygens (including phenoxy) is 2. The number of hydrogen-bond donors (Lipinski definition) is 1. The minimum absolute atomic E-state index is 0.0934. The molecule has 156 valence electrons. The van der Waals surface area contributed by atoms with Gasteiger partial charge in [0.25, 0.3) is 0 Å². The first-order valence-corrected chi connectivity index (χ1v) is 9.82. The fourth-order valence-electron chi connectivity index (χ4n) is 3.13. The molecule has 29 heavy (non-hydrogen) atoms. The Hall–Kier alpha value is -2.51. The molecule has 0 radical (unpaired) electrons. The van der Waals surface area contributed by atoms with Crippen molar-refractivity contribution in [3.8, 4) is 5.75 Å². The van der Waals surface area contributed by atoms with Crippen molar-refractivity contribution in [2.75, 3.05) is 39.5 Å². The van der Waals surface area contributed by atoms with E-state index in [1.807, 2.05) is 24.3 Å². The zero-order valence-electron chi connectivity index (χ0n) is 16.3. The molecule has 1 N–H and O–H groups in total. The van der Waals surface area contributed by atoms with E-state index in [0.29, 0.717) is 13.2 Å². The van der Waals surface area contributed by atoms with Crippen molar-refractivity contribution in [1.82, 2.24) is 10.2 Å². The van der Waals surface area contributed by atoms with Crippen LogP contribution in [0.4, 0.5) is 8.78 Å². The third-order valence-corrected chi connectivity index (χ3v) is 4.80. The number of carbonyl (C=O) groups is 1. The predicted octanol–water partition coefficient (Wildman–Crippen LogP) is 2.92. The van der Waals surface area contributed by atoms with Gasteiger partial charge in [0.15, 0.2) is 0 Å². The van der Waals surface area contributed by atoms with Gasteiger partial charge in [-0.05, 0) is 47.9 Å². The van der Waals surface area contributed by atoms with Gasteiger partial charge in [0.05, 0.1) is 13.2 Å². The lowest BCUT2D eigenvalue weighted by atomic mass is 10.1. The number of benzene rings is 2. The average molecular weight is 404 g/mol. The average Bonchev–Trinajstić information content (AvgIpc) is 2.74. The third-order valence-electron chi connectivity index (χ3n) is 4.80. The SMILES string of the molecule is O=C(CCc1cc(F)ccc1F)NCc1cccc(OCCN2CCOCC2)c1. The summed E-state index contributed by atoms with van der Waals surface area (Å²) < 4.78 is 37.9. The molecule has 0 bridgehead atoms. The molecule has 0 saturated carbocycles. The minimum Gasteiger partial charge on any atom is -0.492 e. The van der Waals surface area contributed by atoms with Gasteiger partial charge in [-0.25, -0.2) is 8.78 Å². The highest BCUT2D eigenvalue weighted by Crippen LogP contribution is 2.14. The molecule has 0 atom stereocenters. The smallest absolute Gasteiger partial charge is 0.220 e. The van der Waals surface area contributed by atoms with Gasteiger partial charge in [0.2, 0.25) is 5.91 Å². The van der Waals surface area contributed by atoms with Crippen LogP contribution in [0.25, 0.3) is 0 Å². The Morgan fingerprint density at radius 2 is 1.97 bits per heavy atom. The van der Waals surface area contributed by atoms with Crippen LogP contribution in [0.3, 0.4) is 0 Å². The molecule has 1 heterocycles. The Bertz CT molecular complexity index is 810. The Morgan fingerprint density at radius 3 is 2.79 bits per heavy atom. The quantitative estimate of drug-likeness (QED) is 0.698. The summed E-state index contributed by atoms with van der Waals surface area (Å²) in [5, 5.41) is 2.81. The van der Waals surface area contributed by atoms with E-state index >= 15 is 0 Å². The van der Waals surface area contributed by atoms with E-state index in [-0.39, 0.29) is 24.3 Å². The maximum Gasteiger partial charge on any atom is 0.220 e. The molecule has 0 aromatic heterocycles. The number of morpholine rings is 1. The molecular weight excluding hydrogens is 378 g/mol. The molecule has 0 aliphatic carbocycles. The molecule has 1 aliphatic rings. The number of halogens is 2. The van der Waals surface area contributed by atoms with Gasteiger partial charge in [0.1, 0.15) is 24.0 Å². The van der Waals surface area contributed by atoms with Crippen molar-refractivity contribution in [1.29, 1.82) is 0 Å². The van der Waals surface area contributed by atoms with E-state index < -0.39 is 11.6 Å². The highest BCUT2D eigenvalue weighted by molar-refractivity contribution is 5.76. The lowest BCUT2D eigenvalue weighted by Gasteiger charge is -2.26. The van der Waals surface area contributed by atoms with Crippen molar-refractivity contribution in [3.05, 3.63) is 65.2 Å². The normalized spacial score (nSPS) is 14.6. The molecule has 1 amide bonds. The molecule has 1 aliphatic heterocycles. The second-order valence-electron chi connectivity index (χ2n) is 6.96. The number of nitrogens with zero attached hydrogens (tertiary/aromatic N) is 1. The third kappa shape index (κ3) is 7.11. The number of amides is 1. The number of hydrogen-bond acceptors (Lipinski definition) is 4. The maximum absolute atomic E-state index is 13.6. The zero-order valence-corrected chi connectivity index (χ0v) is 16.3. The lowest BCUT2D eigenvalue weighted by Crippen LogP contribution is -2.38. The van der Waals surface area contributed by atoms with E-state index in [0.717, 1.165) is 62.4 Å². The molecule has 5 nitrogen and oxygen atoms in total. The van der Waals surface area contributed by atoms with Crippen molar-refractivity contribution in [3.63, 3.8) is 0 Å². The van der Waals surface area contributed by atoms with E-state index in [4.69, 9.17) is 9.47 Å². The van der Waals surface area contributed by atoms with Crippen LogP contribution in [0.5, 0.6) is 5.75 Å². The molecular formula is C22H26F2N2O3. The van der Waals surface area contributed by atoms with Crippen LogP contribution in [0, 0.1) is 11.6 Å². The zero-order chi connectivity index (χ0) is 20.5. The van der Waals surface area contributed by atoms with Crippen LogP contribution in [0.1, 0.15) is 17.5 Å². The van der Waals surface area contributed by atoms with Crippen LogP contribution in [-0.2, 0) is 22.5 Å². The van der Waals surface area contributed by atoms with Crippen molar-refractivity contribution < 1.29 is 23.0 Å². The summed E-state index contributed by atoms with van der Waals surface area (Å²) in [4.78, 5) is 14.3. The van der Waals surface area contributed by atoms with Gasteiger partial charge in [-0.2, -0.15) is 0 Å². The predicted molar refractivity (Wildman–Crippen MR) is 106 cm³/mol. The maximum atomic E-state index is 13.6. The standard InChI is InChI=1S/C22H26F2N2O3/c23-19-5-6-21(24)18(15-19)4-7-22(27)25-16-17-2-1-3-20(14-17)29-13-10-26-8-11-28-12-9-26/h1-3,5-6,14-15H,4,7-13,16H2,(H,25,27). The summed E-state index contributed by atoms with van der Waals surface area (Å²) in [6.45, 7) is 5.17. The van der Waals surface area contributed by atoms with Gasteiger partial charge in [0, 0.05) is 32.6 Å². The van der Waals surface area contributed by atoms with Crippen LogP contribution < -0.4 is 10.1 Å². The largest absolute Gasteiger partial charge is 0.492 e. The van der Waals surface area contributed by atoms with Gasteiger partial charge >= 0.3 is 0 Å². The van der Waals surface area contributed by atoms with Crippen LogP contribution in [-0.4, -0.2) is 50.3 Å². The molecule has 7 heteroatoms. The van der Waals surface area contributed by atoms with Crippen LogP contribution in [0.2, 0.25) is 0 Å². The van der Waals surface area contributed by atoms with E-state index in [9.17, 15) is 13.6 Å². The molecule has 0 unspecified atom stereocenters. The van der Waals surface area contributed by atoms with E-state index in [1.54, 1.807) is 0 Å². The summed E-state index contributed by atoms with van der Waals surface area (Å²) in [5.41, 5.74) is 1.12. The lowest BCUT2D eigenvalue weighted by molar-refractivity contribution is -0.121. The molecule has 2 aromatic rings. The van der Waals surface area contributed by atoms with Crippen molar-refractivity contribution in [2.24, 2.45) is 0 Å². The number of rotatable bonds is 9. The second-order valence-corrected chi connectivity index (χ2v) is 6.96. The van der Waals surface area contributed by atoms with Crippen LogP contribution >= 0.6 is 0 Å². The molecule has 3 rings (SSSR count). The Balaban J connectivity index is 1.40. The summed E-state index contributed by atoms with van der Waals surface area (Å²) >= 11 is 0. The van der Waals surface area contributed by atoms with Crippen LogP contribution in [0.15, 0.2) is 42.5 Å². The summed E-state index contributed by atoms with van der Waals surface area (Å²) in [5.74, 6) is -0.465. The molecule has 0 spiro atoms. The number of aryl methyl sites for hydroxylation is 1. The monoisotopic (exact) mass is 404 g/mol. The fraction of sp³-hybridized carbons (Fsp3) is 0.409. The van der Waals surface area contributed by atoms with E-state index in [2.05, 4.69) is 10.2 Å². The fourth-order valence-corrected chi connectivity index (χ4v) is 3.13. The van der Waals surface area contributed by atoms with Gasteiger partial charge in [-0.1, -0.05) is 12.1 Å². The number of carbonyl (C=O) groups excluding carboxylic acids is 1. The van der Waals surface area contributed by atoms with Gasteiger partial charge < -0.3 is 14.8 Å². The molecule has 1 saturated heterocycles. The summed E-state index contributed by atoms with van der Waals surface area (Å²) in [7, 11) is 0. The second kappa shape index (κ2) is 10.9. The minimum atomic E-state index is -0.507. The molecule has 2 aromatic carbocycles. The molecule has 1 fully saturated rings. The first-order chi connectivity index (χ1) is 14.1. The highest BCUT2D eigenvalue weighted by atomic mass is 19.1. The Morgan fingerprint density at radius 1 is 1.14 bits per heavy atom. The summed E-state index contributed by atoms with van der Waals surface area (Å²) in [6, 6.07) is 10.8. The number of nitrogens with one attached hydrogen (secondary N) is 1.